The Kier molecular flexibility index (Phi) is 3.10. The predicted molar refractivity (Wildman–Crippen MR) is 66.7 cm³/mol. The van der Waals surface area contributed by atoms with Gasteiger partial charge in [-0.05, 0) is 40.6 Å². The number of phenols is 1. The SMILES string of the molecule is COC(=O)C=Cc1ccc2cc(O)ccc2c1. The van der Waals surface area contributed by atoms with Crippen LogP contribution in [0.4, 0.5) is 0 Å². The summed E-state index contributed by atoms with van der Waals surface area (Å²) in [6.07, 6.45) is 3.07. The van der Waals surface area contributed by atoms with Crippen LogP contribution in [0.1, 0.15) is 5.56 Å². The molecule has 0 radical (unpaired) electrons. The fraction of sp³-hybridized carbons (Fsp3) is 0.0714. The van der Waals surface area contributed by atoms with Gasteiger partial charge in [-0.2, -0.15) is 0 Å². The summed E-state index contributed by atoms with van der Waals surface area (Å²) in [7, 11) is 1.34. The first-order valence-corrected chi connectivity index (χ1v) is 5.18. The van der Waals surface area contributed by atoms with E-state index in [1.165, 1.54) is 13.2 Å². The Labute approximate surface area is 99.0 Å². The molecular weight excluding hydrogens is 216 g/mol. The van der Waals surface area contributed by atoms with E-state index in [0.29, 0.717) is 0 Å². The lowest BCUT2D eigenvalue weighted by Crippen LogP contribution is -1.93. The molecule has 0 aliphatic heterocycles. The molecule has 0 heterocycles. The zero-order valence-electron chi connectivity index (χ0n) is 9.38. The number of methoxy groups -OCH3 is 1. The lowest BCUT2D eigenvalue weighted by molar-refractivity contribution is -0.134. The maximum atomic E-state index is 11.0. The number of aromatic hydroxyl groups is 1. The Morgan fingerprint density at radius 1 is 1.18 bits per heavy atom. The third kappa shape index (κ3) is 2.64. The zero-order chi connectivity index (χ0) is 12.3. The van der Waals surface area contributed by atoms with Crippen molar-refractivity contribution in [3.8, 4) is 5.75 Å². The molecule has 1 N–H and O–H groups in total. The number of phenolic OH excluding ortho intramolecular Hbond substituents is 1. The summed E-state index contributed by atoms with van der Waals surface area (Å²) in [5, 5.41) is 11.3. The largest absolute Gasteiger partial charge is 0.508 e. The molecule has 0 aromatic heterocycles. The summed E-state index contributed by atoms with van der Waals surface area (Å²) in [5.74, 6) is -0.133. The van der Waals surface area contributed by atoms with Crippen LogP contribution < -0.4 is 0 Å². The molecular formula is C14H12O3. The second kappa shape index (κ2) is 4.70. The second-order valence-corrected chi connectivity index (χ2v) is 3.65. The van der Waals surface area contributed by atoms with Gasteiger partial charge in [-0.3, -0.25) is 0 Å². The van der Waals surface area contributed by atoms with Gasteiger partial charge in [0.25, 0.3) is 0 Å². The predicted octanol–water partition coefficient (Wildman–Crippen LogP) is 2.73. The summed E-state index contributed by atoms with van der Waals surface area (Å²) < 4.78 is 4.52. The molecule has 86 valence electrons. The highest BCUT2D eigenvalue weighted by atomic mass is 16.5. The standard InChI is InChI=1S/C14H12O3/c1-17-14(16)7-3-10-2-4-12-9-13(15)6-5-11(12)8-10/h2-9,15H,1H3. The summed E-state index contributed by atoms with van der Waals surface area (Å²) in [4.78, 5) is 11.0. The number of ether oxygens (including phenoxy) is 1. The molecule has 0 bridgehead atoms. The number of rotatable bonds is 2. The fourth-order valence-corrected chi connectivity index (χ4v) is 1.59. The quantitative estimate of drug-likeness (QED) is 0.635. The minimum atomic E-state index is -0.379. The topological polar surface area (TPSA) is 46.5 Å². The van der Waals surface area contributed by atoms with Crippen molar-refractivity contribution >= 4 is 22.8 Å². The van der Waals surface area contributed by atoms with Crippen LogP contribution in [-0.2, 0) is 9.53 Å². The second-order valence-electron chi connectivity index (χ2n) is 3.65. The summed E-state index contributed by atoms with van der Waals surface area (Å²) >= 11 is 0. The molecule has 2 aromatic rings. The first kappa shape index (κ1) is 11.2. The third-order valence-corrected chi connectivity index (χ3v) is 2.46. The van der Waals surface area contributed by atoms with Gasteiger partial charge in [0.05, 0.1) is 7.11 Å². The fourth-order valence-electron chi connectivity index (χ4n) is 1.59. The van der Waals surface area contributed by atoms with Crippen LogP contribution in [0.5, 0.6) is 5.75 Å². The average Bonchev–Trinajstić information content (AvgIpc) is 2.35. The minimum absolute atomic E-state index is 0.246. The molecule has 0 aliphatic carbocycles. The van der Waals surface area contributed by atoms with Gasteiger partial charge >= 0.3 is 5.97 Å². The van der Waals surface area contributed by atoms with E-state index in [9.17, 15) is 9.90 Å². The van der Waals surface area contributed by atoms with Crippen molar-refractivity contribution in [2.75, 3.05) is 7.11 Å². The number of hydrogen-bond acceptors (Lipinski definition) is 3. The van der Waals surface area contributed by atoms with Gasteiger partial charge in [-0.15, -0.1) is 0 Å². The van der Waals surface area contributed by atoms with Crippen molar-refractivity contribution in [2.24, 2.45) is 0 Å². The van der Waals surface area contributed by atoms with Crippen LogP contribution >= 0.6 is 0 Å². The van der Waals surface area contributed by atoms with Gasteiger partial charge in [0, 0.05) is 6.08 Å². The van der Waals surface area contributed by atoms with Gasteiger partial charge in [0.15, 0.2) is 0 Å². The van der Waals surface area contributed by atoms with Crippen molar-refractivity contribution in [3.05, 3.63) is 48.0 Å². The molecule has 0 saturated carbocycles. The van der Waals surface area contributed by atoms with Gasteiger partial charge in [-0.1, -0.05) is 18.2 Å². The van der Waals surface area contributed by atoms with E-state index in [1.54, 1.807) is 18.2 Å². The third-order valence-electron chi connectivity index (χ3n) is 2.46. The highest BCUT2D eigenvalue weighted by Crippen LogP contribution is 2.21. The van der Waals surface area contributed by atoms with E-state index < -0.39 is 0 Å². The first-order chi connectivity index (χ1) is 8.19. The highest BCUT2D eigenvalue weighted by molar-refractivity contribution is 5.90. The number of benzene rings is 2. The van der Waals surface area contributed by atoms with Gasteiger partial charge in [0.1, 0.15) is 5.75 Å². The summed E-state index contributed by atoms with van der Waals surface area (Å²) in [6, 6.07) is 10.9. The molecule has 0 saturated heterocycles. The molecule has 0 atom stereocenters. The molecule has 2 aromatic carbocycles. The van der Waals surface area contributed by atoms with E-state index in [1.807, 2.05) is 24.3 Å². The van der Waals surface area contributed by atoms with Crippen LogP contribution in [0, 0.1) is 0 Å². The van der Waals surface area contributed by atoms with E-state index in [4.69, 9.17) is 0 Å². The smallest absolute Gasteiger partial charge is 0.330 e. The van der Waals surface area contributed by atoms with Gasteiger partial charge < -0.3 is 9.84 Å². The van der Waals surface area contributed by atoms with Gasteiger partial charge in [0.2, 0.25) is 0 Å². The van der Waals surface area contributed by atoms with E-state index in [2.05, 4.69) is 4.74 Å². The van der Waals surface area contributed by atoms with E-state index in [0.717, 1.165) is 16.3 Å². The summed E-state index contributed by atoms with van der Waals surface area (Å²) in [5.41, 5.74) is 0.911. The molecule has 0 unspecified atom stereocenters. The molecule has 0 spiro atoms. The van der Waals surface area contributed by atoms with Crippen LogP contribution in [0.15, 0.2) is 42.5 Å². The molecule has 3 heteroatoms. The molecule has 17 heavy (non-hydrogen) atoms. The van der Waals surface area contributed by atoms with Crippen LogP contribution in [-0.4, -0.2) is 18.2 Å². The Bertz CT molecular complexity index is 585. The van der Waals surface area contributed by atoms with Crippen molar-refractivity contribution in [1.29, 1.82) is 0 Å². The normalized spacial score (nSPS) is 10.9. The Morgan fingerprint density at radius 2 is 1.88 bits per heavy atom. The van der Waals surface area contributed by atoms with Crippen molar-refractivity contribution in [2.45, 2.75) is 0 Å². The number of carbonyl (C=O) groups excluding carboxylic acids is 1. The maximum absolute atomic E-state index is 11.0. The Balaban J connectivity index is 2.35. The number of carbonyl (C=O) groups is 1. The highest BCUT2D eigenvalue weighted by Gasteiger charge is 1.97. The van der Waals surface area contributed by atoms with Crippen molar-refractivity contribution in [3.63, 3.8) is 0 Å². The minimum Gasteiger partial charge on any atom is -0.508 e. The molecule has 3 nitrogen and oxygen atoms in total. The lowest BCUT2D eigenvalue weighted by Gasteiger charge is -2.00. The van der Waals surface area contributed by atoms with Crippen molar-refractivity contribution in [1.82, 2.24) is 0 Å². The number of fused-ring (bicyclic) bond motifs is 1. The van der Waals surface area contributed by atoms with Crippen molar-refractivity contribution < 1.29 is 14.6 Å². The van der Waals surface area contributed by atoms with Gasteiger partial charge in [-0.25, -0.2) is 4.79 Å². The summed E-state index contributed by atoms with van der Waals surface area (Å²) in [6.45, 7) is 0. The molecule has 2 rings (SSSR count). The first-order valence-electron chi connectivity index (χ1n) is 5.18. The van der Waals surface area contributed by atoms with E-state index >= 15 is 0 Å². The Hall–Kier alpha value is -2.29. The molecule has 0 aliphatic rings. The Morgan fingerprint density at radius 3 is 2.65 bits per heavy atom. The average molecular weight is 228 g/mol. The molecule has 0 amide bonds. The number of hydrogen-bond donors (Lipinski definition) is 1. The maximum Gasteiger partial charge on any atom is 0.330 e. The number of esters is 1. The van der Waals surface area contributed by atoms with Crippen LogP contribution in [0.3, 0.4) is 0 Å². The van der Waals surface area contributed by atoms with Crippen LogP contribution in [0.2, 0.25) is 0 Å². The van der Waals surface area contributed by atoms with Crippen LogP contribution in [0.25, 0.3) is 16.8 Å². The van der Waals surface area contributed by atoms with E-state index in [-0.39, 0.29) is 11.7 Å². The molecule has 0 fully saturated rings. The zero-order valence-corrected chi connectivity index (χ0v) is 9.38. The monoisotopic (exact) mass is 228 g/mol. The lowest BCUT2D eigenvalue weighted by atomic mass is 10.1.